The average molecular weight is 258 g/mol. The van der Waals surface area contributed by atoms with Gasteiger partial charge in [0.15, 0.2) is 5.89 Å². The van der Waals surface area contributed by atoms with E-state index in [9.17, 15) is 4.79 Å². The molecule has 4 heteroatoms. The highest BCUT2D eigenvalue weighted by atomic mass is 16.4. The van der Waals surface area contributed by atoms with Crippen LogP contribution in [0.2, 0.25) is 0 Å². The Bertz CT molecular complexity index is 588. The van der Waals surface area contributed by atoms with Gasteiger partial charge in [0.2, 0.25) is 5.91 Å². The maximum absolute atomic E-state index is 12.0. The molecule has 0 saturated heterocycles. The molecule has 2 rings (SSSR count). The predicted octanol–water partition coefficient (Wildman–Crippen LogP) is 3.04. The summed E-state index contributed by atoms with van der Waals surface area (Å²) in [4.78, 5) is 16.2. The second kappa shape index (κ2) is 5.69. The lowest BCUT2D eigenvalue weighted by Gasteiger charge is -2.08. The maximum atomic E-state index is 12.0. The van der Waals surface area contributed by atoms with Crippen molar-refractivity contribution < 1.29 is 9.21 Å². The molecule has 0 aliphatic heterocycles. The van der Waals surface area contributed by atoms with Crippen molar-refractivity contribution in [1.29, 1.82) is 0 Å². The molecule has 0 atom stereocenters. The van der Waals surface area contributed by atoms with Gasteiger partial charge in [0, 0.05) is 12.6 Å². The Morgan fingerprint density at radius 3 is 2.68 bits per heavy atom. The molecular formula is C15H18N2O2. The molecule has 0 saturated carbocycles. The summed E-state index contributed by atoms with van der Waals surface area (Å²) in [5.74, 6) is 1.14. The Hall–Kier alpha value is -2.10. The van der Waals surface area contributed by atoms with Crippen LogP contribution in [0.25, 0.3) is 0 Å². The third-order valence-electron chi connectivity index (χ3n) is 2.99. The van der Waals surface area contributed by atoms with Crippen molar-refractivity contribution in [3.05, 3.63) is 47.2 Å². The molecule has 0 bridgehead atoms. The van der Waals surface area contributed by atoms with Crippen LogP contribution in [0.1, 0.15) is 29.8 Å². The quantitative estimate of drug-likeness (QED) is 0.917. The van der Waals surface area contributed by atoms with Crippen molar-refractivity contribution in [1.82, 2.24) is 4.98 Å². The number of oxazole rings is 1. The molecular weight excluding hydrogens is 240 g/mol. The topological polar surface area (TPSA) is 55.1 Å². The van der Waals surface area contributed by atoms with Crippen LogP contribution in [0, 0.1) is 13.8 Å². The number of benzene rings is 1. The van der Waals surface area contributed by atoms with Gasteiger partial charge in [-0.25, -0.2) is 4.98 Å². The first-order valence-electron chi connectivity index (χ1n) is 6.40. The smallest absolute Gasteiger partial charge is 0.232 e. The molecule has 0 radical (unpaired) electrons. The number of nitrogens with zero attached hydrogens (tertiary/aromatic N) is 1. The summed E-state index contributed by atoms with van der Waals surface area (Å²) in [5.41, 5.74) is 2.77. The summed E-state index contributed by atoms with van der Waals surface area (Å²) >= 11 is 0. The van der Waals surface area contributed by atoms with E-state index in [2.05, 4.69) is 17.2 Å². The van der Waals surface area contributed by atoms with E-state index in [0.29, 0.717) is 11.7 Å². The van der Waals surface area contributed by atoms with Crippen LogP contribution >= 0.6 is 0 Å². The number of carbonyl (C=O) groups is 1. The lowest BCUT2D eigenvalue weighted by Crippen LogP contribution is -2.15. The monoisotopic (exact) mass is 258 g/mol. The third kappa shape index (κ3) is 3.22. The Morgan fingerprint density at radius 2 is 2.05 bits per heavy atom. The third-order valence-corrected chi connectivity index (χ3v) is 2.99. The number of hydrogen-bond donors (Lipinski definition) is 1. The van der Waals surface area contributed by atoms with E-state index in [1.807, 2.05) is 31.2 Å². The Balaban J connectivity index is 2.07. The van der Waals surface area contributed by atoms with Gasteiger partial charge in [-0.15, -0.1) is 0 Å². The predicted molar refractivity (Wildman–Crippen MR) is 74.1 cm³/mol. The van der Waals surface area contributed by atoms with Crippen molar-refractivity contribution >= 4 is 11.6 Å². The van der Waals surface area contributed by atoms with Crippen LogP contribution in [0.15, 0.2) is 28.7 Å². The van der Waals surface area contributed by atoms with Crippen molar-refractivity contribution in [3.63, 3.8) is 0 Å². The molecule has 100 valence electrons. The average Bonchev–Trinajstić information content (AvgIpc) is 2.68. The number of aromatic nitrogens is 1. The van der Waals surface area contributed by atoms with Gasteiger partial charge >= 0.3 is 0 Å². The van der Waals surface area contributed by atoms with Crippen LogP contribution < -0.4 is 5.32 Å². The lowest BCUT2D eigenvalue weighted by atomic mass is 10.1. The van der Waals surface area contributed by atoms with Crippen LogP contribution in [-0.2, 0) is 17.6 Å². The van der Waals surface area contributed by atoms with Gasteiger partial charge in [-0.1, -0.05) is 25.1 Å². The van der Waals surface area contributed by atoms with E-state index < -0.39 is 0 Å². The zero-order valence-corrected chi connectivity index (χ0v) is 11.5. The molecule has 19 heavy (non-hydrogen) atoms. The van der Waals surface area contributed by atoms with Crippen molar-refractivity contribution in [2.24, 2.45) is 0 Å². The van der Waals surface area contributed by atoms with Crippen LogP contribution in [-0.4, -0.2) is 10.9 Å². The summed E-state index contributed by atoms with van der Waals surface area (Å²) in [6, 6.07) is 7.81. The molecule has 1 heterocycles. The zero-order chi connectivity index (χ0) is 13.8. The Labute approximate surface area is 112 Å². The molecule has 1 aromatic carbocycles. The second-order valence-corrected chi connectivity index (χ2v) is 4.48. The lowest BCUT2D eigenvalue weighted by molar-refractivity contribution is -0.115. The van der Waals surface area contributed by atoms with Crippen LogP contribution in [0.3, 0.4) is 0 Å². The highest BCUT2D eigenvalue weighted by molar-refractivity contribution is 5.92. The van der Waals surface area contributed by atoms with Crippen molar-refractivity contribution in [2.75, 3.05) is 5.32 Å². The summed E-state index contributed by atoms with van der Waals surface area (Å²) in [5, 5.41) is 2.92. The minimum absolute atomic E-state index is 0.0832. The summed E-state index contributed by atoms with van der Waals surface area (Å²) in [6.07, 6.45) is 1.10. The zero-order valence-electron chi connectivity index (χ0n) is 11.5. The molecule has 0 aliphatic rings. The standard InChI is InChI=1S/C15H18N2O2/c1-4-12-7-5-6-8-13(12)17-15(18)9-14-10(2)16-11(3)19-14/h5-8H,4,9H2,1-3H3,(H,17,18). The van der Waals surface area contributed by atoms with Gasteiger partial charge in [0.25, 0.3) is 0 Å². The highest BCUT2D eigenvalue weighted by Gasteiger charge is 2.12. The van der Waals surface area contributed by atoms with E-state index in [-0.39, 0.29) is 12.3 Å². The molecule has 0 aliphatic carbocycles. The number of para-hydroxylation sites is 1. The van der Waals surface area contributed by atoms with Gasteiger partial charge in [0.1, 0.15) is 5.76 Å². The highest BCUT2D eigenvalue weighted by Crippen LogP contribution is 2.16. The van der Waals surface area contributed by atoms with Crippen LogP contribution in [0.4, 0.5) is 5.69 Å². The van der Waals surface area contributed by atoms with Gasteiger partial charge in [0.05, 0.1) is 12.1 Å². The Morgan fingerprint density at radius 1 is 1.32 bits per heavy atom. The normalized spacial score (nSPS) is 10.5. The fourth-order valence-electron chi connectivity index (χ4n) is 2.03. The van der Waals surface area contributed by atoms with Gasteiger partial charge in [-0.05, 0) is 25.0 Å². The first-order chi connectivity index (χ1) is 9.10. The van der Waals surface area contributed by atoms with Crippen molar-refractivity contribution in [3.8, 4) is 0 Å². The molecule has 0 unspecified atom stereocenters. The van der Waals surface area contributed by atoms with E-state index in [1.54, 1.807) is 6.92 Å². The Kier molecular flexibility index (Phi) is 4.00. The molecule has 1 N–H and O–H groups in total. The number of aryl methyl sites for hydroxylation is 3. The number of nitrogens with one attached hydrogen (secondary N) is 1. The van der Waals surface area contributed by atoms with E-state index in [1.165, 1.54) is 0 Å². The van der Waals surface area contributed by atoms with Gasteiger partial charge in [-0.3, -0.25) is 4.79 Å². The minimum Gasteiger partial charge on any atom is -0.445 e. The molecule has 0 fully saturated rings. The first-order valence-corrected chi connectivity index (χ1v) is 6.40. The van der Waals surface area contributed by atoms with Gasteiger partial charge in [-0.2, -0.15) is 0 Å². The minimum atomic E-state index is -0.0832. The summed E-state index contributed by atoms with van der Waals surface area (Å²) in [7, 11) is 0. The maximum Gasteiger partial charge on any atom is 0.232 e. The number of rotatable bonds is 4. The molecule has 0 spiro atoms. The SMILES string of the molecule is CCc1ccccc1NC(=O)Cc1oc(C)nc1C. The summed E-state index contributed by atoms with van der Waals surface area (Å²) < 4.78 is 5.41. The molecule has 1 aromatic heterocycles. The molecule has 4 nitrogen and oxygen atoms in total. The first kappa shape index (κ1) is 13.3. The number of hydrogen-bond acceptors (Lipinski definition) is 3. The second-order valence-electron chi connectivity index (χ2n) is 4.48. The van der Waals surface area contributed by atoms with Crippen LogP contribution in [0.5, 0.6) is 0 Å². The number of amides is 1. The molecule has 1 amide bonds. The fourth-order valence-corrected chi connectivity index (χ4v) is 2.03. The van der Waals surface area contributed by atoms with E-state index >= 15 is 0 Å². The van der Waals surface area contributed by atoms with E-state index in [0.717, 1.165) is 23.4 Å². The largest absolute Gasteiger partial charge is 0.445 e. The molecule has 2 aromatic rings. The fraction of sp³-hybridized carbons (Fsp3) is 0.333. The summed E-state index contributed by atoms with van der Waals surface area (Å²) in [6.45, 7) is 5.69. The van der Waals surface area contributed by atoms with Gasteiger partial charge < -0.3 is 9.73 Å². The number of anilines is 1. The van der Waals surface area contributed by atoms with Crippen molar-refractivity contribution in [2.45, 2.75) is 33.6 Å². The van der Waals surface area contributed by atoms with E-state index in [4.69, 9.17) is 4.42 Å². The number of carbonyl (C=O) groups excluding carboxylic acids is 1.